The number of aliphatic hydroxyl groups is 3. The summed E-state index contributed by atoms with van der Waals surface area (Å²) in [6, 6.07) is 0.808. The largest absolute Gasteiger partial charge is 0.508 e. The molecule has 0 aliphatic heterocycles. The van der Waals surface area contributed by atoms with E-state index in [1.807, 2.05) is 13.0 Å². The number of ketones is 2. The van der Waals surface area contributed by atoms with Crippen LogP contribution in [0.3, 0.4) is 0 Å². The number of phenols is 1. The number of fused-ring (bicyclic) bond motifs is 3. The van der Waals surface area contributed by atoms with Crippen LogP contribution < -0.4 is 11.1 Å². The number of benzene rings is 1. The highest BCUT2D eigenvalue weighted by Gasteiger charge is 2.64. The number of aliphatic hydroxyl groups excluding tert-OH is 2. The van der Waals surface area contributed by atoms with Crippen LogP contribution >= 0.6 is 0 Å². The van der Waals surface area contributed by atoms with Gasteiger partial charge in [0, 0.05) is 23.6 Å². The van der Waals surface area contributed by atoms with Crippen LogP contribution in [0.25, 0.3) is 5.76 Å². The van der Waals surface area contributed by atoms with Gasteiger partial charge in [-0.1, -0.05) is 26.8 Å². The van der Waals surface area contributed by atoms with E-state index in [2.05, 4.69) is 19.2 Å². The molecule has 0 radical (unpaired) electrons. The molecule has 1 amide bonds. The van der Waals surface area contributed by atoms with Gasteiger partial charge in [0.1, 0.15) is 22.8 Å². The van der Waals surface area contributed by atoms with Crippen LogP contribution in [0.15, 0.2) is 23.0 Å². The van der Waals surface area contributed by atoms with Crippen molar-refractivity contribution in [3.05, 3.63) is 45.2 Å². The second-order valence-corrected chi connectivity index (χ2v) is 11.2. The van der Waals surface area contributed by atoms with Gasteiger partial charge in [0.15, 0.2) is 11.4 Å². The van der Waals surface area contributed by atoms with Gasteiger partial charge in [-0.25, -0.2) is 0 Å². The topological polar surface area (TPSA) is 173 Å². The molecule has 38 heavy (non-hydrogen) atoms. The Morgan fingerprint density at radius 3 is 2.42 bits per heavy atom. The Hall–Kier alpha value is -3.21. The van der Waals surface area contributed by atoms with E-state index in [-0.39, 0.29) is 23.3 Å². The fourth-order valence-corrected chi connectivity index (χ4v) is 6.40. The number of primary amides is 1. The molecule has 1 saturated carbocycles. The zero-order valence-electron chi connectivity index (χ0n) is 22.5. The number of likely N-dealkylation sites (N-methyl/N-ethyl adjacent to an activating group) is 1. The molecule has 1 fully saturated rings. The molecule has 0 saturated heterocycles. The van der Waals surface area contributed by atoms with Gasteiger partial charge < -0.3 is 31.5 Å². The Morgan fingerprint density at radius 1 is 1.21 bits per heavy atom. The van der Waals surface area contributed by atoms with Crippen molar-refractivity contribution in [2.75, 3.05) is 20.6 Å². The van der Waals surface area contributed by atoms with Crippen molar-refractivity contribution in [2.24, 2.45) is 23.5 Å². The van der Waals surface area contributed by atoms with Gasteiger partial charge >= 0.3 is 0 Å². The lowest BCUT2D eigenvalue weighted by molar-refractivity contribution is -0.153. The van der Waals surface area contributed by atoms with E-state index in [1.165, 1.54) is 4.90 Å². The Balaban J connectivity index is 1.91. The van der Waals surface area contributed by atoms with Crippen LogP contribution in [-0.4, -0.2) is 75.1 Å². The predicted molar refractivity (Wildman–Crippen MR) is 140 cm³/mol. The van der Waals surface area contributed by atoms with Crippen molar-refractivity contribution in [3.8, 4) is 5.75 Å². The third-order valence-electron chi connectivity index (χ3n) is 8.14. The lowest BCUT2D eigenvalue weighted by atomic mass is 9.57. The minimum atomic E-state index is -2.63. The van der Waals surface area contributed by atoms with Crippen LogP contribution in [0.5, 0.6) is 5.75 Å². The summed E-state index contributed by atoms with van der Waals surface area (Å²) in [5.41, 5.74) is 4.12. The molecule has 10 heteroatoms. The smallest absolute Gasteiger partial charge is 0.255 e. The van der Waals surface area contributed by atoms with Crippen LogP contribution in [0, 0.1) is 17.8 Å². The summed E-state index contributed by atoms with van der Waals surface area (Å²) in [7, 11) is 3.16. The molecule has 4 atom stereocenters. The van der Waals surface area contributed by atoms with Crippen molar-refractivity contribution >= 4 is 23.2 Å². The fraction of sp³-hybridized carbons (Fsp3) is 0.536. The number of rotatable bonds is 7. The molecule has 3 aliphatic carbocycles. The van der Waals surface area contributed by atoms with Crippen LogP contribution in [-0.2, 0) is 33.8 Å². The number of nitrogens with one attached hydrogen (secondary N) is 1. The third-order valence-corrected chi connectivity index (χ3v) is 8.14. The Labute approximate surface area is 221 Å². The summed E-state index contributed by atoms with van der Waals surface area (Å²) in [4.78, 5) is 40.7. The number of aromatic hydroxyl groups is 1. The highest BCUT2D eigenvalue weighted by molar-refractivity contribution is 6.24. The first-order valence-electron chi connectivity index (χ1n) is 13.0. The number of nitrogens with zero attached hydrogens (tertiary/aromatic N) is 1. The zero-order chi connectivity index (χ0) is 28.3. The number of phenolic OH excluding ortho intramolecular Hbond substituents is 1. The Kier molecular flexibility index (Phi) is 7.20. The van der Waals surface area contributed by atoms with Crippen molar-refractivity contribution in [3.63, 3.8) is 0 Å². The van der Waals surface area contributed by atoms with Crippen molar-refractivity contribution in [1.29, 1.82) is 0 Å². The molecular weight excluding hydrogens is 490 g/mol. The molecule has 0 aromatic heterocycles. The van der Waals surface area contributed by atoms with Gasteiger partial charge in [0.25, 0.3) is 5.91 Å². The summed E-state index contributed by atoms with van der Waals surface area (Å²) < 4.78 is 0. The number of nitrogens with two attached hydrogens (primary N) is 1. The molecule has 206 valence electrons. The standard InChI is InChI=1S/C28H37N3O7/c1-6-13-7-15(11-30-10-12(2)3)22(32)19-16(13)8-14-9-17-21(31(4)5)24(34)20(27(29)37)26(36)28(17,38)25(35)18(14)23(19)33/h7,12,14,17,21,30,32-33,36,38H,6,8-11H2,1-5H3,(H2,29,37)/t14-,17-,21-,28-/m0/s1. The Bertz CT molecular complexity index is 1280. The maximum Gasteiger partial charge on any atom is 0.255 e. The Morgan fingerprint density at radius 2 is 1.87 bits per heavy atom. The molecule has 3 aliphatic rings. The molecule has 0 spiro atoms. The molecular formula is C28H37N3O7. The van der Waals surface area contributed by atoms with E-state index in [9.17, 15) is 34.8 Å². The number of carbonyl (C=O) groups excluding carboxylic acids is 3. The lowest BCUT2D eigenvalue weighted by Crippen LogP contribution is -2.65. The second kappa shape index (κ2) is 9.83. The van der Waals surface area contributed by atoms with Gasteiger partial charge in [-0.2, -0.15) is 0 Å². The molecule has 1 aromatic carbocycles. The van der Waals surface area contributed by atoms with Gasteiger partial charge in [-0.3, -0.25) is 19.3 Å². The highest BCUT2D eigenvalue weighted by Crippen LogP contribution is 2.53. The predicted octanol–water partition coefficient (Wildman–Crippen LogP) is 1.27. The summed E-state index contributed by atoms with van der Waals surface area (Å²) in [5, 5.41) is 48.6. The number of Topliss-reactive ketones (excluding diaryl/α,β-unsaturated/α-hetero) is 2. The molecule has 0 heterocycles. The third kappa shape index (κ3) is 4.02. The molecule has 1 aromatic rings. The van der Waals surface area contributed by atoms with Gasteiger partial charge in [-0.15, -0.1) is 0 Å². The van der Waals surface area contributed by atoms with Crippen molar-refractivity contribution in [2.45, 2.75) is 58.2 Å². The molecule has 10 nitrogen and oxygen atoms in total. The first-order chi connectivity index (χ1) is 17.8. The normalized spacial score (nSPS) is 27.1. The number of amides is 1. The van der Waals surface area contributed by atoms with Crippen LogP contribution in [0.2, 0.25) is 0 Å². The summed E-state index contributed by atoms with van der Waals surface area (Å²) in [6.45, 7) is 7.17. The van der Waals surface area contributed by atoms with Gasteiger partial charge in [0.2, 0.25) is 5.78 Å². The van der Waals surface area contributed by atoms with E-state index in [1.54, 1.807) is 14.1 Å². The van der Waals surface area contributed by atoms with E-state index >= 15 is 0 Å². The number of aryl methyl sites for hydroxylation is 1. The van der Waals surface area contributed by atoms with Crippen molar-refractivity contribution < 1.29 is 34.8 Å². The molecule has 0 unspecified atom stereocenters. The van der Waals surface area contributed by atoms with Gasteiger partial charge in [0.05, 0.1) is 11.6 Å². The molecule has 0 bridgehead atoms. The SMILES string of the molecule is CCc1cc(CNCC(C)C)c(O)c2c1C[C@H]1C[C@H]3[C@H](N(C)C)C(=O)C(C(N)=O)=C(O)[C@@]3(O)C(=O)C1=C2O. The minimum absolute atomic E-state index is 0.0768. The van der Waals surface area contributed by atoms with E-state index < -0.39 is 58.0 Å². The van der Waals surface area contributed by atoms with E-state index in [0.29, 0.717) is 36.4 Å². The summed E-state index contributed by atoms with van der Waals surface area (Å²) >= 11 is 0. The summed E-state index contributed by atoms with van der Waals surface area (Å²) in [6.07, 6.45) is 0.999. The average Bonchev–Trinajstić information content (AvgIpc) is 2.82. The van der Waals surface area contributed by atoms with Crippen molar-refractivity contribution in [1.82, 2.24) is 10.2 Å². The first kappa shape index (κ1) is 27.8. The zero-order valence-corrected chi connectivity index (χ0v) is 22.5. The maximum absolute atomic E-state index is 13.9. The number of hydrogen-bond donors (Lipinski definition) is 6. The van der Waals surface area contributed by atoms with E-state index in [0.717, 1.165) is 12.1 Å². The molecule has 7 N–H and O–H groups in total. The summed E-state index contributed by atoms with van der Waals surface area (Å²) in [5.74, 6) is -5.98. The quantitative estimate of drug-likeness (QED) is 0.285. The fourth-order valence-electron chi connectivity index (χ4n) is 6.40. The van der Waals surface area contributed by atoms with Crippen LogP contribution in [0.4, 0.5) is 0 Å². The van der Waals surface area contributed by atoms with Gasteiger partial charge in [-0.05, 0) is 62.9 Å². The number of carbonyl (C=O) groups is 3. The first-order valence-corrected chi connectivity index (χ1v) is 13.0. The average molecular weight is 528 g/mol. The number of hydrogen-bond acceptors (Lipinski definition) is 9. The van der Waals surface area contributed by atoms with E-state index in [4.69, 9.17) is 5.73 Å². The van der Waals surface area contributed by atoms with Crippen LogP contribution in [0.1, 0.15) is 49.4 Å². The maximum atomic E-state index is 13.9. The second-order valence-electron chi connectivity index (χ2n) is 11.2. The lowest BCUT2D eigenvalue weighted by Gasteiger charge is -2.50. The highest BCUT2D eigenvalue weighted by atomic mass is 16.3. The molecule has 4 rings (SSSR count). The minimum Gasteiger partial charge on any atom is -0.508 e. The monoisotopic (exact) mass is 527 g/mol.